The van der Waals surface area contributed by atoms with Gasteiger partial charge in [0.2, 0.25) is 5.91 Å². The molecule has 0 aromatic heterocycles. The Bertz CT molecular complexity index is 983. The summed E-state index contributed by atoms with van der Waals surface area (Å²) in [6.07, 6.45) is -0.572. The molecule has 0 spiro atoms. The summed E-state index contributed by atoms with van der Waals surface area (Å²) < 4.78 is 5.58. The lowest BCUT2D eigenvalue weighted by Crippen LogP contribution is -2.58. The third kappa shape index (κ3) is 4.33. The van der Waals surface area contributed by atoms with Crippen LogP contribution in [0.5, 0.6) is 0 Å². The van der Waals surface area contributed by atoms with E-state index in [0.29, 0.717) is 13.1 Å². The van der Waals surface area contributed by atoms with Crippen molar-refractivity contribution >= 4 is 18.0 Å². The Morgan fingerprint density at radius 2 is 1.59 bits per heavy atom. The number of alkyl carbamates (subject to hydrolysis) is 1. The number of nitrogens with one attached hydrogen (secondary N) is 1. The Balaban J connectivity index is 1.37. The number of fused-ring (bicyclic) bond motifs is 3. The highest BCUT2D eigenvalue weighted by molar-refractivity contribution is 5.87. The second-order valence-corrected chi connectivity index (χ2v) is 8.90. The Morgan fingerprint density at radius 3 is 2.12 bits per heavy atom. The molecule has 2 N–H and O–H groups in total. The zero-order valence-corrected chi connectivity index (χ0v) is 18.3. The van der Waals surface area contributed by atoms with Crippen LogP contribution in [0.1, 0.15) is 37.3 Å². The molecule has 0 saturated carbocycles. The van der Waals surface area contributed by atoms with Crippen molar-refractivity contribution in [3.05, 3.63) is 59.7 Å². The number of hydrogen-bond donors (Lipinski definition) is 2. The molecule has 1 heterocycles. The third-order valence-electron chi connectivity index (χ3n) is 6.28. The fourth-order valence-electron chi connectivity index (χ4n) is 4.60. The minimum Gasteiger partial charge on any atom is -0.481 e. The Morgan fingerprint density at radius 1 is 1.03 bits per heavy atom. The number of aliphatic carboxylic acids is 1. The topological polar surface area (TPSA) is 95.9 Å². The van der Waals surface area contributed by atoms with Gasteiger partial charge in [0, 0.05) is 24.9 Å². The van der Waals surface area contributed by atoms with Crippen LogP contribution in [0.3, 0.4) is 0 Å². The van der Waals surface area contributed by atoms with Gasteiger partial charge in [-0.1, -0.05) is 62.4 Å². The van der Waals surface area contributed by atoms with Crippen molar-refractivity contribution in [3.63, 3.8) is 0 Å². The predicted molar refractivity (Wildman–Crippen MR) is 119 cm³/mol. The van der Waals surface area contributed by atoms with Crippen molar-refractivity contribution in [1.82, 2.24) is 10.2 Å². The molecule has 2 aromatic carbocycles. The summed E-state index contributed by atoms with van der Waals surface area (Å²) in [6, 6.07) is 15.5. The van der Waals surface area contributed by atoms with Crippen molar-refractivity contribution in [1.29, 1.82) is 0 Å². The van der Waals surface area contributed by atoms with Gasteiger partial charge in [0.1, 0.15) is 12.6 Å². The van der Waals surface area contributed by atoms with Gasteiger partial charge in [-0.15, -0.1) is 0 Å². The van der Waals surface area contributed by atoms with E-state index in [1.54, 1.807) is 4.90 Å². The maximum absolute atomic E-state index is 12.8. The quantitative estimate of drug-likeness (QED) is 0.693. The van der Waals surface area contributed by atoms with Crippen LogP contribution in [0.2, 0.25) is 0 Å². The lowest BCUT2D eigenvalue weighted by molar-refractivity contribution is -0.146. The molecule has 1 fully saturated rings. The minimum absolute atomic E-state index is 0.0290. The van der Waals surface area contributed by atoms with Gasteiger partial charge in [-0.25, -0.2) is 4.79 Å². The molecule has 32 heavy (non-hydrogen) atoms. The molecule has 0 bridgehead atoms. The second kappa shape index (κ2) is 9.02. The van der Waals surface area contributed by atoms with Gasteiger partial charge in [0.25, 0.3) is 0 Å². The van der Waals surface area contributed by atoms with E-state index in [0.717, 1.165) is 22.3 Å². The third-order valence-corrected chi connectivity index (χ3v) is 6.28. The summed E-state index contributed by atoms with van der Waals surface area (Å²) in [4.78, 5) is 37.9. The van der Waals surface area contributed by atoms with Crippen molar-refractivity contribution in [2.45, 2.75) is 32.2 Å². The number of likely N-dealkylation sites (tertiary alicyclic amines) is 1. The maximum atomic E-state index is 12.8. The first-order valence-corrected chi connectivity index (χ1v) is 11.0. The number of benzene rings is 2. The van der Waals surface area contributed by atoms with Gasteiger partial charge in [0.05, 0.1) is 6.42 Å². The van der Waals surface area contributed by atoms with E-state index in [2.05, 4.69) is 29.6 Å². The summed E-state index contributed by atoms with van der Waals surface area (Å²) in [5.41, 5.74) is 4.56. The van der Waals surface area contributed by atoms with Crippen LogP contribution in [0.4, 0.5) is 4.79 Å². The Labute approximate surface area is 187 Å². The summed E-state index contributed by atoms with van der Waals surface area (Å²) in [5.74, 6) is -1.26. The van der Waals surface area contributed by atoms with Crippen LogP contribution < -0.4 is 5.32 Å². The highest BCUT2D eigenvalue weighted by Gasteiger charge is 2.37. The standard InChI is InChI=1S/C25H28N2O5/c1-15(2)23(24(30)27-12-16(13-27)11-22(28)29)26-25(31)32-14-21-19-9-5-3-7-17(19)18-8-4-6-10-20(18)21/h3-10,15-16,21,23H,11-14H2,1-2H3,(H,26,31)(H,28,29). The predicted octanol–water partition coefficient (Wildman–Crippen LogP) is 3.48. The van der Waals surface area contributed by atoms with Crippen LogP contribution in [0.15, 0.2) is 48.5 Å². The van der Waals surface area contributed by atoms with Gasteiger partial charge in [-0.05, 0) is 28.2 Å². The number of carbonyl (C=O) groups is 3. The molecular formula is C25H28N2O5. The molecular weight excluding hydrogens is 408 g/mol. The zero-order valence-electron chi connectivity index (χ0n) is 18.3. The average molecular weight is 437 g/mol. The van der Waals surface area contributed by atoms with Crippen molar-refractivity contribution < 1.29 is 24.2 Å². The molecule has 1 unspecified atom stereocenters. The number of carboxylic acids is 1. The molecule has 4 rings (SSSR count). The lowest BCUT2D eigenvalue weighted by Gasteiger charge is -2.41. The average Bonchev–Trinajstić information content (AvgIpc) is 3.06. The normalized spacial score (nSPS) is 16.2. The van der Waals surface area contributed by atoms with E-state index in [1.165, 1.54) is 0 Å². The minimum atomic E-state index is -0.862. The van der Waals surface area contributed by atoms with E-state index in [4.69, 9.17) is 9.84 Å². The highest BCUT2D eigenvalue weighted by Crippen LogP contribution is 2.44. The molecule has 0 radical (unpaired) electrons. The number of amides is 2. The summed E-state index contributed by atoms with van der Waals surface area (Å²) in [6.45, 7) is 4.71. The van der Waals surface area contributed by atoms with E-state index < -0.39 is 18.1 Å². The van der Waals surface area contributed by atoms with Crippen LogP contribution in [-0.4, -0.2) is 53.7 Å². The molecule has 1 atom stereocenters. The van der Waals surface area contributed by atoms with Crippen LogP contribution in [0.25, 0.3) is 11.1 Å². The first kappa shape index (κ1) is 21.9. The van der Waals surface area contributed by atoms with Gasteiger partial charge in [-0.3, -0.25) is 9.59 Å². The number of carbonyl (C=O) groups excluding carboxylic acids is 2. The fraction of sp³-hybridized carbons (Fsp3) is 0.400. The van der Waals surface area contributed by atoms with Crippen molar-refractivity contribution in [2.75, 3.05) is 19.7 Å². The number of carboxylic acid groups (broad SMARTS) is 1. The summed E-state index contributed by atoms with van der Waals surface area (Å²) in [5, 5.41) is 11.6. The maximum Gasteiger partial charge on any atom is 0.407 e. The fourth-order valence-corrected chi connectivity index (χ4v) is 4.60. The first-order chi connectivity index (χ1) is 15.3. The summed E-state index contributed by atoms with van der Waals surface area (Å²) in [7, 11) is 0. The number of rotatable bonds is 7. The van der Waals surface area contributed by atoms with Gasteiger partial charge < -0.3 is 20.1 Å². The van der Waals surface area contributed by atoms with Gasteiger partial charge in [0.15, 0.2) is 0 Å². The van der Waals surface area contributed by atoms with E-state index in [-0.39, 0.29) is 36.7 Å². The molecule has 168 valence electrons. The van der Waals surface area contributed by atoms with E-state index >= 15 is 0 Å². The molecule has 7 nitrogen and oxygen atoms in total. The Hall–Kier alpha value is -3.35. The highest BCUT2D eigenvalue weighted by atomic mass is 16.5. The van der Waals surface area contributed by atoms with E-state index in [1.807, 2.05) is 38.1 Å². The Kier molecular flexibility index (Phi) is 6.17. The smallest absolute Gasteiger partial charge is 0.407 e. The number of ether oxygens (including phenoxy) is 1. The number of hydrogen-bond acceptors (Lipinski definition) is 4. The second-order valence-electron chi connectivity index (χ2n) is 8.90. The lowest BCUT2D eigenvalue weighted by atomic mass is 9.93. The van der Waals surface area contributed by atoms with Crippen LogP contribution >= 0.6 is 0 Å². The van der Waals surface area contributed by atoms with Crippen LogP contribution in [0, 0.1) is 11.8 Å². The van der Waals surface area contributed by atoms with Gasteiger partial charge in [-0.2, -0.15) is 0 Å². The molecule has 1 saturated heterocycles. The molecule has 2 amide bonds. The number of nitrogens with zero attached hydrogens (tertiary/aromatic N) is 1. The molecule has 7 heteroatoms. The zero-order chi connectivity index (χ0) is 22.8. The van der Waals surface area contributed by atoms with Crippen molar-refractivity contribution in [2.24, 2.45) is 11.8 Å². The molecule has 1 aliphatic heterocycles. The first-order valence-electron chi connectivity index (χ1n) is 11.0. The van der Waals surface area contributed by atoms with Crippen LogP contribution in [-0.2, 0) is 14.3 Å². The molecule has 1 aliphatic carbocycles. The molecule has 2 aliphatic rings. The molecule has 2 aromatic rings. The van der Waals surface area contributed by atoms with Crippen molar-refractivity contribution in [3.8, 4) is 11.1 Å². The van der Waals surface area contributed by atoms with Gasteiger partial charge >= 0.3 is 12.1 Å². The monoisotopic (exact) mass is 436 g/mol. The van der Waals surface area contributed by atoms with E-state index in [9.17, 15) is 14.4 Å². The largest absolute Gasteiger partial charge is 0.481 e. The SMILES string of the molecule is CC(C)C(NC(=O)OCC1c2ccccc2-c2ccccc21)C(=O)N1CC(CC(=O)O)C1. The summed E-state index contributed by atoms with van der Waals surface area (Å²) >= 11 is 0.